The van der Waals surface area contributed by atoms with Crippen molar-refractivity contribution in [1.29, 1.82) is 0 Å². The molecule has 0 fully saturated rings. The summed E-state index contributed by atoms with van der Waals surface area (Å²) >= 11 is 0. The summed E-state index contributed by atoms with van der Waals surface area (Å²) in [5.41, 5.74) is 4.31. The number of amides is 1. The van der Waals surface area contributed by atoms with Gasteiger partial charge in [-0.05, 0) is 12.3 Å². The monoisotopic (exact) mass is 304 g/mol. The van der Waals surface area contributed by atoms with Crippen molar-refractivity contribution < 1.29 is 4.79 Å². The first-order valence-electron chi connectivity index (χ1n) is 6.16. The van der Waals surface area contributed by atoms with Gasteiger partial charge in [0.15, 0.2) is 0 Å². The van der Waals surface area contributed by atoms with Crippen LogP contribution in [0.15, 0.2) is 15.8 Å². The smallest absolute Gasteiger partial charge is 0.328 e. The molecule has 1 aromatic heterocycles. The van der Waals surface area contributed by atoms with E-state index in [9.17, 15) is 14.4 Å². The van der Waals surface area contributed by atoms with E-state index >= 15 is 0 Å². The molecule has 4 N–H and O–H groups in total. The van der Waals surface area contributed by atoms with Crippen LogP contribution in [0.3, 0.4) is 0 Å². The first kappa shape index (κ1) is 18.4. The number of rotatable bonds is 5. The van der Waals surface area contributed by atoms with E-state index in [1.165, 1.54) is 7.05 Å². The fourth-order valence-corrected chi connectivity index (χ4v) is 1.77. The fraction of sp³-hybridized carbons (Fsp3) is 0.583. The first-order chi connectivity index (χ1) is 8.86. The Labute approximate surface area is 123 Å². The van der Waals surface area contributed by atoms with Crippen molar-refractivity contribution in [3.63, 3.8) is 0 Å². The number of carbonyl (C=O) groups excluding carboxylic acids is 1. The third-order valence-corrected chi connectivity index (χ3v) is 2.80. The van der Waals surface area contributed by atoms with Gasteiger partial charge in [-0.3, -0.25) is 14.2 Å². The van der Waals surface area contributed by atoms with Crippen molar-refractivity contribution >= 4 is 18.3 Å². The molecule has 0 aliphatic rings. The number of nitrogens with two attached hydrogens (primary N) is 1. The highest BCUT2D eigenvalue weighted by Crippen LogP contribution is 2.04. The maximum Gasteiger partial charge on any atom is 0.328 e. The average Bonchev–Trinajstić information content (AvgIpc) is 2.34. The van der Waals surface area contributed by atoms with E-state index in [1.807, 2.05) is 13.8 Å². The molecule has 0 bridgehead atoms. The van der Waals surface area contributed by atoms with Gasteiger partial charge in [-0.15, -0.1) is 12.4 Å². The minimum atomic E-state index is -0.624. The zero-order valence-electron chi connectivity index (χ0n) is 11.8. The zero-order valence-corrected chi connectivity index (χ0v) is 12.6. The van der Waals surface area contributed by atoms with Gasteiger partial charge in [-0.2, -0.15) is 0 Å². The molecule has 0 spiro atoms. The predicted molar refractivity (Wildman–Crippen MR) is 79.3 cm³/mol. The van der Waals surface area contributed by atoms with Crippen LogP contribution < -0.4 is 22.3 Å². The summed E-state index contributed by atoms with van der Waals surface area (Å²) in [5.74, 6) is -0.139. The molecule has 1 unspecified atom stereocenters. The van der Waals surface area contributed by atoms with E-state index in [2.05, 4.69) is 10.3 Å². The van der Waals surface area contributed by atoms with Crippen LogP contribution in [-0.4, -0.2) is 28.0 Å². The molecule has 20 heavy (non-hydrogen) atoms. The zero-order chi connectivity index (χ0) is 14.6. The molecule has 8 heteroatoms. The van der Waals surface area contributed by atoms with Gasteiger partial charge in [0.2, 0.25) is 0 Å². The molecule has 1 atom stereocenters. The van der Waals surface area contributed by atoms with Crippen LogP contribution in [0, 0.1) is 5.92 Å². The van der Waals surface area contributed by atoms with E-state index in [0.717, 1.165) is 17.2 Å². The van der Waals surface area contributed by atoms with Crippen LogP contribution in [0.25, 0.3) is 0 Å². The van der Waals surface area contributed by atoms with Gasteiger partial charge >= 0.3 is 5.69 Å². The van der Waals surface area contributed by atoms with Gasteiger partial charge in [0.25, 0.3) is 11.5 Å². The molecular weight excluding hydrogens is 284 g/mol. The molecule has 1 amide bonds. The highest BCUT2D eigenvalue weighted by atomic mass is 35.5. The second kappa shape index (κ2) is 7.86. The second-order valence-corrected chi connectivity index (χ2v) is 4.91. The van der Waals surface area contributed by atoms with Crippen LogP contribution in [0.2, 0.25) is 0 Å². The summed E-state index contributed by atoms with van der Waals surface area (Å²) in [6, 6.07) is -0.191. The number of nitrogens with zero attached hydrogens (tertiary/aromatic N) is 1. The summed E-state index contributed by atoms with van der Waals surface area (Å²) in [4.78, 5) is 37.3. The van der Waals surface area contributed by atoms with E-state index in [0.29, 0.717) is 12.5 Å². The predicted octanol–water partition coefficient (Wildman–Crippen LogP) is -0.401. The highest BCUT2D eigenvalue weighted by molar-refractivity contribution is 5.93. The van der Waals surface area contributed by atoms with Gasteiger partial charge in [-0.25, -0.2) is 4.79 Å². The summed E-state index contributed by atoms with van der Waals surface area (Å²) in [6.45, 7) is 4.34. The number of H-pyrrole nitrogens is 1. The molecule has 0 aliphatic heterocycles. The second-order valence-electron chi connectivity index (χ2n) is 4.91. The lowest BCUT2D eigenvalue weighted by atomic mass is 10.0. The van der Waals surface area contributed by atoms with Crippen molar-refractivity contribution in [3.05, 3.63) is 32.6 Å². The largest absolute Gasteiger partial charge is 0.348 e. The van der Waals surface area contributed by atoms with Crippen LogP contribution in [0.5, 0.6) is 0 Å². The Morgan fingerprint density at radius 1 is 1.45 bits per heavy atom. The van der Waals surface area contributed by atoms with Gasteiger partial charge in [0.1, 0.15) is 5.56 Å². The van der Waals surface area contributed by atoms with Crippen molar-refractivity contribution in [3.8, 4) is 0 Å². The van der Waals surface area contributed by atoms with E-state index in [-0.39, 0.29) is 24.0 Å². The molecule has 0 aromatic carbocycles. The molecule has 1 aromatic rings. The molecule has 0 saturated heterocycles. The fourth-order valence-electron chi connectivity index (χ4n) is 1.77. The lowest BCUT2D eigenvalue weighted by molar-refractivity contribution is 0.0931. The SMILES string of the molecule is CC(C)CC(CN)NC(=O)c1c[nH]c(=O)n(C)c1=O.Cl. The Balaban J connectivity index is 0.00000361. The molecule has 1 rings (SSSR count). The Kier molecular flexibility index (Phi) is 7.23. The van der Waals surface area contributed by atoms with Gasteiger partial charge in [0, 0.05) is 25.8 Å². The van der Waals surface area contributed by atoms with E-state index in [4.69, 9.17) is 5.73 Å². The normalized spacial score (nSPS) is 11.8. The topological polar surface area (TPSA) is 110 Å². The quantitative estimate of drug-likeness (QED) is 0.687. The first-order valence-corrected chi connectivity index (χ1v) is 6.16. The van der Waals surface area contributed by atoms with Crippen molar-refractivity contribution in [2.24, 2.45) is 18.7 Å². The third kappa shape index (κ3) is 4.50. The van der Waals surface area contributed by atoms with Gasteiger partial charge in [-0.1, -0.05) is 13.8 Å². The Morgan fingerprint density at radius 3 is 2.55 bits per heavy atom. The minimum absolute atomic E-state index is 0. The number of aromatic nitrogens is 2. The molecule has 7 nitrogen and oxygen atoms in total. The lowest BCUT2D eigenvalue weighted by Crippen LogP contribution is -2.45. The Bertz CT molecular complexity index is 565. The Morgan fingerprint density at radius 2 is 2.05 bits per heavy atom. The highest BCUT2D eigenvalue weighted by Gasteiger charge is 2.17. The van der Waals surface area contributed by atoms with Gasteiger partial charge in [0.05, 0.1) is 0 Å². The maximum absolute atomic E-state index is 12.0. The van der Waals surface area contributed by atoms with Crippen molar-refractivity contribution in [1.82, 2.24) is 14.9 Å². The number of nitrogens with one attached hydrogen (secondary N) is 2. The number of halogens is 1. The summed E-state index contributed by atoms with van der Waals surface area (Å²) in [5, 5.41) is 2.70. The summed E-state index contributed by atoms with van der Waals surface area (Å²) in [6.07, 6.45) is 1.86. The minimum Gasteiger partial charge on any atom is -0.348 e. The molecule has 1 heterocycles. The molecule has 114 valence electrons. The average molecular weight is 305 g/mol. The van der Waals surface area contributed by atoms with E-state index in [1.54, 1.807) is 0 Å². The molecular formula is C12H21ClN4O3. The molecule has 0 aliphatic carbocycles. The van der Waals surface area contributed by atoms with E-state index < -0.39 is 17.2 Å². The van der Waals surface area contributed by atoms with Crippen molar-refractivity contribution in [2.75, 3.05) is 6.54 Å². The number of carbonyl (C=O) groups is 1. The molecule has 0 saturated carbocycles. The maximum atomic E-state index is 12.0. The summed E-state index contributed by atoms with van der Waals surface area (Å²) in [7, 11) is 1.31. The van der Waals surface area contributed by atoms with Crippen LogP contribution >= 0.6 is 12.4 Å². The molecule has 0 radical (unpaired) electrons. The number of aromatic amines is 1. The van der Waals surface area contributed by atoms with Crippen LogP contribution in [0.4, 0.5) is 0 Å². The number of hydrogen-bond donors (Lipinski definition) is 3. The van der Waals surface area contributed by atoms with Crippen LogP contribution in [0.1, 0.15) is 30.6 Å². The summed E-state index contributed by atoms with van der Waals surface area (Å²) < 4.78 is 0.856. The number of hydrogen-bond acceptors (Lipinski definition) is 4. The van der Waals surface area contributed by atoms with Gasteiger partial charge < -0.3 is 16.0 Å². The lowest BCUT2D eigenvalue weighted by Gasteiger charge is -2.18. The third-order valence-electron chi connectivity index (χ3n) is 2.80. The Hall–Kier alpha value is -1.60. The van der Waals surface area contributed by atoms with Crippen LogP contribution in [-0.2, 0) is 7.05 Å². The standard InChI is InChI=1S/C12H20N4O3.ClH/c1-7(2)4-8(5-13)15-10(17)9-6-14-12(19)16(3)11(9)18;/h6-8H,4-5,13H2,1-3H3,(H,14,19)(H,15,17);1H. The van der Waals surface area contributed by atoms with Crippen molar-refractivity contribution in [2.45, 2.75) is 26.3 Å².